The van der Waals surface area contributed by atoms with Crippen LogP contribution in [0.2, 0.25) is 0 Å². The third-order valence-electron chi connectivity index (χ3n) is 6.13. The third-order valence-corrected chi connectivity index (χ3v) is 6.13. The lowest BCUT2D eigenvalue weighted by molar-refractivity contribution is 0.0694. The zero-order chi connectivity index (χ0) is 20.6. The van der Waals surface area contributed by atoms with Gasteiger partial charge in [-0.05, 0) is 19.3 Å². The number of halogens is 1. The summed E-state index contributed by atoms with van der Waals surface area (Å²) in [6.07, 6.45) is 3.56. The van der Waals surface area contributed by atoms with E-state index in [1.165, 1.54) is 6.20 Å². The molecule has 0 amide bonds. The van der Waals surface area contributed by atoms with E-state index in [0.29, 0.717) is 13.0 Å². The van der Waals surface area contributed by atoms with Gasteiger partial charge in [0.15, 0.2) is 11.6 Å². The molecule has 2 unspecified atom stereocenters. The van der Waals surface area contributed by atoms with E-state index >= 15 is 4.39 Å². The molecule has 2 atom stereocenters. The predicted octanol–water partition coefficient (Wildman–Crippen LogP) is 0.952. The van der Waals surface area contributed by atoms with Gasteiger partial charge in [0.2, 0.25) is 5.43 Å². The lowest BCUT2D eigenvalue weighted by Crippen LogP contribution is -2.39. The first-order chi connectivity index (χ1) is 13.8. The fraction of sp³-hybridized carbons (Fsp3) is 0.421. The number of nitrogens with one attached hydrogen (secondary N) is 1. The Bertz CT molecular complexity index is 1160. The molecule has 2 aliphatic heterocycles. The van der Waals surface area contributed by atoms with E-state index in [9.17, 15) is 19.5 Å². The summed E-state index contributed by atoms with van der Waals surface area (Å²) in [5.74, 6) is 3.05. The van der Waals surface area contributed by atoms with Crippen molar-refractivity contribution in [2.24, 2.45) is 11.6 Å². The number of nitrogen functional groups attached to an aromatic ring is 1. The molecule has 1 aromatic carbocycles. The van der Waals surface area contributed by atoms with E-state index in [4.69, 9.17) is 11.6 Å². The van der Waals surface area contributed by atoms with E-state index in [-0.39, 0.29) is 58.2 Å². The van der Waals surface area contributed by atoms with Crippen LogP contribution in [-0.2, 0) is 0 Å². The van der Waals surface area contributed by atoms with Crippen molar-refractivity contribution in [1.82, 2.24) is 4.57 Å². The molecule has 0 bridgehead atoms. The zero-order valence-electron chi connectivity index (χ0n) is 15.4. The normalized spacial score (nSPS) is 23.3. The van der Waals surface area contributed by atoms with Crippen LogP contribution >= 0.6 is 0 Å². The molecule has 1 aliphatic carbocycles. The van der Waals surface area contributed by atoms with Gasteiger partial charge in [0.25, 0.3) is 0 Å². The maximum atomic E-state index is 15.6. The van der Waals surface area contributed by atoms with Crippen LogP contribution in [0, 0.1) is 5.82 Å². The van der Waals surface area contributed by atoms with Crippen LogP contribution < -0.4 is 27.3 Å². The number of carboxylic acid groups (broad SMARTS) is 1. The van der Waals surface area contributed by atoms with Gasteiger partial charge < -0.3 is 25.7 Å². The average Bonchev–Trinajstić information content (AvgIpc) is 3.43. The van der Waals surface area contributed by atoms with Gasteiger partial charge in [-0.3, -0.25) is 15.4 Å². The fourth-order valence-electron chi connectivity index (χ4n) is 4.77. The van der Waals surface area contributed by atoms with Gasteiger partial charge in [0.05, 0.1) is 22.2 Å². The SMILES string of the molecule is NNc1c(F)c2c(c3c1c(=O)c(C(=O)O)cn3C1CC1)C(=O)CC1CC(N)CN21. The van der Waals surface area contributed by atoms with Gasteiger partial charge in [0, 0.05) is 37.3 Å². The van der Waals surface area contributed by atoms with Gasteiger partial charge >= 0.3 is 5.97 Å². The molecular weight excluding hydrogens is 381 g/mol. The summed E-state index contributed by atoms with van der Waals surface area (Å²) in [5, 5.41) is 9.28. The summed E-state index contributed by atoms with van der Waals surface area (Å²) in [6.45, 7) is 0.387. The standard InChI is InChI=1S/C19H20FN5O4/c20-14-15(23-22)13-16(25(8-1-2-8)6-10(18(13)27)19(28)29)12-11(26)4-9-3-7(21)5-24(9)17(12)14/h6-9,23H,1-5,21-22H2,(H,28,29). The number of ketones is 1. The van der Waals surface area contributed by atoms with Crippen LogP contribution in [0.4, 0.5) is 15.8 Å². The molecule has 3 aliphatic rings. The van der Waals surface area contributed by atoms with Crippen LogP contribution in [0.1, 0.15) is 52.4 Å². The first-order valence-corrected chi connectivity index (χ1v) is 9.53. The van der Waals surface area contributed by atoms with E-state index in [1.807, 2.05) is 0 Å². The number of nitrogens with two attached hydrogens (primary N) is 2. The number of carboxylic acids is 1. The van der Waals surface area contributed by atoms with Gasteiger partial charge in [-0.2, -0.15) is 0 Å². The number of carbonyl (C=O) groups is 2. The number of pyridine rings is 1. The highest BCUT2D eigenvalue weighted by Gasteiger charge is 2.43. The molecule has 3 heterocycles. The van der Waals surface area contributed by atoms with Crippen molar-refractivity contribution in [3.8, 4) is 0 Å². The molecule has 5 rings (SSSR count). The first-order valence-electron chi connectivity index (χ1n) is 9.53. The molecule has 9 nitrogen and oxygen atoms in total. The molecule has 29 heavy (non-hydrogen) atoms. The quantitative estimate of drug-likeness (QED) is 0.440. The van der Waals surface area contributed by atoms with Crippen molar-refractivity contribution in [2.45, 2.75) is 43.8 Å². The fourth-order valence-corrected chi connectivity index (χ4v) is 4.77. The predicted molar refractivity (Wildman–Crippen MR) is 104 cm³/mol. The highest BCUT2D eigenvalue weighted by Crippen LogP contribution is 2.46. The number of hydrogen-bond acceptors (Lipinski definition) is 7. The van der Waals surface area contributed by atoms with Crippen molar-refractivity contribution in [1.29, 1.82) is 0 Å². The molecule has 0 radical (unpaired) electrons. The number of rotatable bonds is 3. The smallest absolute Gasteiger partial charge is 0.341 e. The molecular formula is C19H20FN5O4. The van der Waals surface area contributed by atoms with Gasteiger partial charge in [-0.1, -0.05) is 0 Å². The Morgan fingerprint density at radius 1 is 1.28 bits per heavy atom. The highest BCUT2D eigenvalue weighted by molar-refractivity contribution is 6.17. The van der Waals surface area contributed by atoms with Gasteiger partial charge in [-0.25, -0.2) is 9.18 Å². The van der Waals surface area contributed by atoms with E-state index < -0.39 is 22.8 Å². The minimum atomic E-state index is -1.41. The highest BCUT2D eigenvalue weighted by atomic mass is 19.1. The Labute approximate surface area is 164 Å². The monoisotopic (exact) mass is 401 g/mol. The van der Waals surface area contributed by atoms with Crippen molar-refractivity contribution >= 4 is 34.0 Å². The minimum absolute atomic E-state index is 0.0530. The molecule has 6 N–H and O–H groups in total. The minimum Gasteiger partial charge on any atom is -0.477 e. The maximum absolute atomic E-state index is 15.6. The number of nitrogens with zero attached hydrogens (tertiary/aromatic N) is 2. The van der Waals surface area contributed by atoms with Crippen molar-refractivity contribution in [3.63, 3.8) is 0 Å². The van der Waals surface area contributed by atoms with Crippen LogP contribution in [-0.4, -0.2) is 40.1 Å². The lowest BCUT2D eigenvalue weighted by atomic mass is 9.90. The van der Waals surface area contributed by atoms with E-state index in [2.05, 4.69) is 5.43 Å². The Morgan fingerprint density at radius 2 is 2.00 bits per heavy atom. The third kappa shape index (κ3) is 2.42. The number of hydrogen-bond donors (Lipinski definition) is 4. The summed E-state index contributed by atoms with van der Waals surface area (Å²) < 4.78 is 17.2. The Kier molecular flexibility index (Phi) is 3.74. The summed E-state index contributed by atoms with van der Waals surface area (Å²) >= 11 is 0. The number of fused-ring (bicyclic) bond motifs is 5. The molecule has 10 heteroatoms. The molecule has 2 fully saturated rings. The molecule has 1 saturated carbocycles. The second kappa shape index (κ2) is 6.01. The maximum Gasteiger partial charge on any atom is 0.341 e. The number of Topliss-reactive ketones (excluding diaryl/α,β-unsaturated/α-hetero) is 1. The van der Waals surface area contributed by atoms with E-state index in [0.717, 1.165) is 12.8 Å². The van der Waals surface area contributed by atoms with E-state index in [1.54, 1.807) is 9.47 Å². The van der Waals surface area contributed by atoms with Gasteiger partial charge in [-0.15, -0.1) is 0 Å². The number of anilines is 2. The topological polar surface area (TPSA) is 144 Å². The van der Waals surface area contributed by atoms with Crippen molar-refractivity contribution in [2.75, 3.05) is 16.9 Å². The van der Waals surface area contributed by atoms with Crippen LogP contribution in [0.3, 0.4) is 0 Å². The van der Waals surface area contributed by atoms with Crippen LogP contribution in [0.15, 0.2) is 11.0 Å². The average molecular weight is 401 g/mol. The van der Waals surface area contributed by atoms with Crippen LogP contribution in [0.25, 0.3) is 10.9 Å². The molecule has 152 valence electrons. The number of carbonyl (C=O) groups excluding carboxylic acids is 1. The summed E-state index contributed by atoms with van der Waals surface area (Å²) in [4.78, 5) is 39.5. The number of benzene rings is 1. The van der Waals surface area contributed by atoms with Crippen molar-refractivity contribution in [3.05, 3.63) is 33.4 Å². The second-order valence-electron chi connectivity index (χ2n) is 8.03. The molecule has 2 aromatic rings. The summed E-state index contributed by atoms with van der Waals surface area (Å²) in [6, 6.07) is -0.451. The van der Waals surface area contributed by atoms with Crippen LogP contribution in [0.5, 0.6) is 0 Å². The number of aromatic nitrogens is 1. The Balaban J connectivity index is 1.97. The molecule has 1 aromatic heterocycles. The Hall–Kier alpha value is -2.98. The number of aromatic carboxylic acids is 1. The van der Waals surface area contributed by atoms with Crippen molar-refractivity contribution < 1.29 is 19.1 Å². The molecule has 1 saturated heterocycles. The zero-order valence-corrected chi connectivity index (χ0v) is 15.4. The number of hydrazine groups is 1. The summed E-state index contributed by atoms with van der Waals surface area (Å²) in [7, 11) is 0. The largest absolute Gasteiger partial charge is 0.477 e. The lowest BCUT2D eigenvalue weighted by Gasteiger charge is -2.34. The molecule has 0 spiro atoms. The first kappa shape index (κ1) is 18.1. The Morgan fingerprint density at radius 3 is 2.62 bits per heavy atom. The summed E-state index contributed by atoms with van der Waals surface area (Å²) in [5.41, 5.74) is 7.10. The second-order valence-corrected chi connectivity index (χ2v) is 8.03. The van der Waals surface area contributed by atoms with Gasteiger partial charge in [0.1, 0.15) is 11.3 Å².